The molecule has 0 fully saturated rings. The molecular formula is C15H13N3OS. The summed E-state index contributed by atoms with van der Waals surface area (Å²) in [4.78, 5) is 16.8. The van der Waals surface area contributed by atoms with Crippen LogP contribution in [0.25, 0.3) is 20.3 Å². The fourth-order valence-corrected chi connectivity index (χ4v) is 3.49. The largest absolute Gasteiger partial charge is 0.398 e. The normalized spacial score (nSPS) is 11.0. The Balaban J connectivity index is 2.58. The van der Waals surface area contributed by atoms with E-state index in [1.807, 2.05) is 6.07 Å². The summed E-state index contributed by atoms with van der Waals surface area (Å²) in [5, 5.41) is 0.464. The molecule has 0 radical (unpaired) electrons. The van der Waals surface area contributed by atoms with Gasteiger partial charge in [0, 0.05) is 17.6 Å². The molecule has 4 nitrogen and oxygen atoms in total. The van der Waals surface area contributed by atoms with Crippen molar-refractivity contribution in [3.05, 3.63) is 52.8 Å². The minimum Gasteiger partial charge on any atom is -0.398 e. The van der Waals surface area contributed by atoms with Gasteiger partial charge in [-0.1, -0.05) is 6.08 Å². The third-order valence-corrected chi connectivity index (χ3v) is 4.52. The van der Waals surface area contributed by atoms with Gasteiger partial charge in [-0.05, 0) is 30.2 Å². The predicted octanol–water partition coefficient (Wildman–Crippen LogP) is 2.70. The molecule has 2 aromatic heterocycles. The van der Waals surface area contributed by atoms with E-state index in [9.17, 15) is 4.79 Å². The van der Waals surface area contributed by atoms with E-state index in [1.165, 1.54) is 11.3 Å². The standard InChI is InChI=1S/C15H13N3OS/c1-2-3-8-6-7-18-12-13(19)11-9(16)4-5-10(17)15(11)20-14(8)12/h2,4-7H,1,3,16-17H2. The predicted molar refractivity (Wildman–Crippen MR) is 86.1 cm³/mol. The summed E-state index contributed by atoms with van der Waals surface area (Å²) in [6.07, 6.45) is 4.13. The van der Waals surface area contributed by atoms with E-state index in [1.54, 1.807) is 24.4 Å². The van der Waals surface area contributed by atoms with E-state index in [0.717, 1.165) is 15.0 Å². The molecule has 0 unspecified atom stereocenters. The fourth-order valence-electron chi connectivity index (χ4n) is 2.26. The molecule has 0 aliphatic heterocycles. The highest BCUT2D eigenvalue weighted by atomic mass is 32.1. The van der Waals surface area contributed by atoms with Crippen LogP contribution in [0.2, 0.25) is 0 Å². The first-order valence-corrected chi connectivity index (χ1v) is 6.94. The number of aromatic nitrogens is 1. The average molecular weight is 283 g/mol. The van der Waals surface area contributed by atoms with Crippen LogP contribution < -0.4 is 16.9 Å². The van der Waals surface area contributed by atoms with Crippen LogP contribution in [0, 0.1) is 0 Å². The van der Waals surface area contributed by atoms with Crippen LogP contribution in [0.15, 0.2) is 41.8 Å². The second kappa shape index (κ2) is 4.61. The van der Waals surface area contributed by atoms with E-state index < -0.39 is 0 Å². The fraction of sp³-hybridized carbons (Fsp3) is 0.0667. The number of allylic oxidation sites excluding steroid dienone is 1. The molecular weight excluding hydrogens is 270 g/mol. The molecule has 0 saturated carbocycles. The number of nitrogens with two attached hydrogens (primary N) is 2. The van der Waals surface area contributed by atoms with E-state index in [4.69, 9.17) is 11.5 Å². The van der Waals surface area contributed by atoms with Crippen molar-refractivity contribution in [2.75, 3.05) is 11.5 Å². The van der Waals surface area contributed by atoms with E-state index in [-0.39, 0.29) is 5.43 Å². The van der Waals surface area contributed by atoms with Crippen molar-refractivity contribution >= 4 is 43.0 Å². The zero-order valence-electron chi connectivity index (χ0n) is 10.7. The molecule has 0 aliphatic rings. The minimum atomic E-state index is -0.163. The average Bonchev–Trinajstić information content (AvgIpc) is 2.44. The van der Waals surface area contributed by atoms with E-state index in [2.05, 4.69) is 11.6 Å². The SMILES string of the molecule is C=CCc1ccnc2c(=O)c3c(N)ccc(N)c3sc12. The Kier molecular flexibility index (Phi) is 2.91. The Hall–Kier alpha value is -2.40. The first kappa shape index (κ1) is 12.6. The van der Waals surface area contributed by atoms with Gasteiger partial charge in [0.2, 0.25) is 5.43 Å². The van der Waals surface area contributed by atoms with Crippen molar-refractivity contribution < 1.29 is 0 Å². The summed E-state index contributed by atoms with van der Waals surface area (Å²) in [5.41, 5.74) is 14.2. The molecule has 0 atom stereocenters. The van der Waals surface area contributed by atoms with Crippen LogP contribution in [0.1, 0.15) is 5.56 Å². The molecule has 1 aromatic carbocycles. The van der Waals surface area contributed by atoms with Gasteiger partial charge in [0.25, 0.3) is 0 Å². The van der Waals surface area contributed by atoms with Crippen LogP contribution >= 0.6 is 11.3 Å². The quantitative estimate of drug-likeness (QED) is 0.430. The van der Waals surface area contributed by atoms with Gasteiger partial charge < -0.3 is 11.5 Å². The number of hydrogen-bond donors (Lipinski definition) is 2. The molecule has 5 heteroatoms. The number of benzene rings is 1. The maximum atomic E-state index is 12.6. The number of fused-ring (bicyclic) bond motifs is 2. The summed E-state index contributed by atoms with van der Waals surface area (Å²) in [6.45, 7) is 3.74. The molecule has 20 heavy (non-hydrogen) atoms. The molecule has 3 rings (SSSR count). The van der Waals surface area contributed by atoms with Crippen molar-refractivity contribution in [3.63, 3.8) is 0 Å². The molecule has 0 spiro atoms. The van der Waals surface area contributed by atoms with Gasteiger partial charge in [-0.15, -0.1) is 17.9 Å². The smallest absolute Gasteiger partial charge is 0.216 e. The first-order chi connectivity index (χ1) is 9.63. The van der Waals surface area contributed by atoms with Gasteiger partial charge in [-0.25, -0.2) is 0 Å². The highest BCUT2D eigenvalue weighted by Gasteiger charge is 2.13. The lowest BCUT2D eigenvalue weighted by atomic mass is 10.1. The summed E-state index contributed by atoms with van der Waals surface area (Å²) < 4.78 is 1.57. The second-order valence-corrected chi connectivity index (χ2v) is 5.54. The summed E-state index contributed by atoms with van der Waals surface area (Å²) in [5.74, 6) is 0. The molecule has 3 aromatic rings. The third kappa shape index (κ3) is 1.75. The molecule has 0 aliphatic carbocycles. The number of rotatable bonds is 2. The number of nitrogen functional groups attached to an aromatic ring is 2. The van der Waals surface area contributed by atoms with E-state index in [0.29, 0.717) is 28.7 Å². The van der Waals surface area contributed by atoms with Crippen molar-refractivity contribution in [2.45, 2.75) is 6.42 Å². The van der Waals surface area contributed by atoms with Gasteiger partial charge in [0.15, 0.2) is 0 Å². The van der Waals surface area contributed by atoms with Crippen molar-refractivity contribution in [3.8, 4) is 0 Å². The van der Waals surface area contributed by atoms with Crippen molar-refractivity contribution in [1.29, 1.82) is 0 Å². The lowest BCUT2D eigenvalue weighted by Crippen LogP contribution is -2.07. The Bertz CT molecular complexity index is 899. The van der Waals surface area contributed by atoms with Crippen LogP contribution in [0.4, 0.5) is 11.4 Å². The highest BCUT2D eigenvalue weighted by molar-refractivity contribution is 7.25. The molecule has 100 valence electrons. The van der Waals surface area contributed by atoms with Gasteiger partial charge >= 0.3 is 0 Å². The van der Waals surface area contributed by atoms with Gasteiger partial charge in [0.1, 0.15) is 5.52 Å². The summed E-state index contributed by atoms with van der Waals surface area (Å²) in [6, 6.07) is 5.28. The monoisotopic (exact) mass is 283 g/mol. The third-order valence-electron chi connectivity index (χ3n) is 3.22. The number of nitrogens with zero attached hydrogens (tertiary/aromatic N) is 1. The molecule has 2 heterocycles. The first-order valence-electron chi connectivity index (χ1n) is 6.12. The van der Waals surface area contributed by atoms with Gasteiger partial charge in [0.05, 0.1) is 14.8 Å². The summed E-state index contributed by atoms with van der Waals surface area (Å²) in [7, 11) is 0. The second-order valence-electron chi connectivity index (χ2n) is 4.52. The number of pyridine rings is 1. The Morgan fingerprint density at radius 3 is 2.70 bits per heavy atom. The minimum absolute atomic E-state index is 0.163. The van der Waals surface area contributed by atoms with E-state index >= 15 is 0 Å². The number of anilines is 2. The maximum absolute atomic E-state index is 12.6. The zero-order valence-corrected chi connectivity index (χ0v) is 11.5. The van der Waals surface area contributed by atoms with Crippen LogP contribution in [0.3, 0.4) is 0 Å². The van der Waals surface area contributed by atoms with Crippen LogP contribution in [0.5, 0.6) is 0 Å². The summed E-state index contributed by atoms with van der Waals surface area (Å²) >= 11 is 1.46. The Morgan fingerprint density at radius 2 is 1.95 bits per heavy atom. The maximum Gasteiger partial charge on any atom is 0.216 e. The highest BCUT2D eigenvalue weighted by Crippen LogP contribution is 2.33. The number of hydrogen-bond acceptors (Lipinski definition) is 5. The van der Waals surface area contributed by atoms with Crippen LogP contribution in [-0.4, -0.2) is 4.98 Å². The van der Waals surface area contributed by atoms with Crippen molar-refractivity contribution in [2.24, 2.45) is 0 Å². The Labute approximate surface area is 119 Å². The molecule has 4 N–H and O–H groups in total. The Morgan fingerprint density at radius 1 is 1.20 bits per heavy atom. The topological polar surface area (TPSA) is 82.0 Å². The molecule has 0 amide bonds. The van der Waals surface area contributed by atoms with Gasteiger partial charge in [-0.2, -0.15) is 0 Å². The lowest BCUT2D eigenvalue weighted by molar-refractivity contribution is 1.28. The van der Waals surface area contributed by atoms with Gasteiger partial charge in [-0.3, -0.25) is 9.78 Å². The molecule has 0 bridgehead atoms. The van der Waals surface area contributed by atoms with Crippen LogP contribution in [-0.2, 0) is 6.42 Å². The zero-order chi connectivity index (χ0) is 14.3. The van der Waals surface area contributed by atoms with Crippen molar-refractivity contribution in [1.82, 2.24) is 4.98 Å². The molecule has 0 saturated heterocycles. The lowest BCUT2D eigenvalue weighted by Gasteiger charge is -2.08.